The number of carbonyl (C=O) groups excluding carboxylic acids is 1. The lowest BCUT2D eigenvalue weighted by Crippen LogP contribution is -2.28. The number of anilines is 1. The summed E-state index contributed by atoms with van der Waals surface area (Å²) in [7, 11) is 1.58. The number of benzene rings is 4. The van der Waals surface area contributed by atoms with Crippen LogP contribution in [-0.2, 0) is 17.4 Å². The van der Waals surface area contributed by atoms with Gasteiger partial charge in [0, 0.05) is 64.8 Å². The van der Waals surface area contributed by atoms with Gasteiger partial charge in [0.1, 0.15) is 35.2 Å². The zero-order valence-corrected chi connectivity index (χ0v) is 33.0. The number of phenols is 2. The van der Waals surface area contributed by atoms with Crippen LogP contribution in [0.25, 0.3) is 22.4 Å². The highest BCUT2D eigenvalue weighted by atomic mass is 35.5. The van der Waals surface area contributed by atoms with Gasteiger partial charge in [0.15, 0.2) is 5.71 Å². The van der Waals surface area contributed by atoms with E-state index in [1.165, 1.54) is 34.3 Å². The molecule has 0 fully saturated rings. The van der Waals surface area contributed by atoms with E-state index in [4.69, 9.17) is 16.3 Å². The number of amides is 1. The van der Waals surface area contributed by atoms with Gasteiger partial charge in [0.05, 0.1) is 17.5 Å². The number of carbonyl (C=O) groups is 1. The molecule has 0 radical (unpaired) electrons. The van der Waals surface area contributed by atoms with Crippen molar-refractivity contribution in [3.05, 3.63) is 130 Å². The molecule has 55 heavy (non-hydrogen) atoms. The zero-order valence-electron chi connectivity index (χ0n) is 32.3. The maximum atomic E-state index is 13.9. The minimum atomic E-state index is -0.370. The van der Waals surface area contributed by atoms with Gasteiger partial charge in [0.25, 0.3) is 5.91 Å². The van der Waals surface area contributed by atoms with Crippen LogP contribution in [0.1, 0.15) is 68.7 Å². The second-order valence-corrected chi connectivity index (χ2v) is 15.4. The van der Waals surface area contributed by atoms with Gasteiger partial charge in [-0.3, -0.25) is 9.89 Å². The maximum absolute atomic E-state index is 13.9. The van der Waals surface area contributed by atoms with E-state index < -0.39 is 0 Å². The van der Waals surface area contributed by atoms with Crippen LogP contribution >= 0.6 is 11.6 Å². The molecule has 1 aromatic heterocycles. The third-order valence-electron chi connectivity index (χ3n) is 11.0. The van der Waals surface area contributed by atoms with E-state index in [0.29, 0.717) is 22.6 Å². The molecule has 3 heterocycles. The van der Waals surface area contributed by atoms with Crippen LogP contribution < -0.4 is 15.0 Å². The van der Waals surface area contributed by atoms with Crippen molar-refractivity contribution >= 4 is 34.6 Å². The van der Waals surface area contributed by atoms with Crippen molar-refractivity contribution in [2.75, 3.05) is 25.1 Å². The summed E-state index contributed by atoms with van der Waals surface area (Å²) in [5.74, 6) is -0.208. The molecule has 0 saturated carbocycles. The highest BCUT2D eigenvalue weighted by Gasteiger charge is 2.44. The molecule has 10 heteroatoms. The molecule has 282 valence electrons. The van der Waals surface area contributed by atoms with Gasteiger partial charge in [0.2, 0.25) is 5.69 Å². The first-order chi connectivity index (χ1) is 26.3. The lowest BCUT2D eigenvalue weighted by Gasteiger charge is -2.25. The number of allylic oxidation sites excluding steroid dienone is 4. The fourth-order valence-electron chi connectivity index (χ4n) is 8.14. The summed E-state index contributed by atoms with van der Waals surface area (Å²) < 4.78 is 7.72. The number of H-pyrrole nitrogens is 1. The van der Waals surface area contributed by atoms with Gasteiger partial charge in [-0.15, -0.1) is 0 Å². The van der Waals surface area contributed by atoms with Crippen LogP contribution in [0, 0.1) is 0 Å². The number of fused-ring (bicyclic) bond motifs is 2. The van der Waals surface area contributed by atoms with Crippen molar-refractivity contribution in [2.24, 2.45) is 0 Å². The molecule has 0 aliphatic carbocycles. The molecule has 2 aliphatic heterocycles. The minimum Gasteiger partial charge on any atom is -0.507 e. The Morgan fingerprint density at radius 3 is 2.42 bits per heavy atom. The number of hydrogen-bond donors (Lipinski definition) is 4. The van der Waals surface area contributed by atoms with E-state index in [0.717, 1.165) is 30.4 Å². The van der Waals surface area contributed by atoms with E-state index in [9.17, 15) is 15.0 Å². The SMILES string of the molecule is CCN1/C(=C/C=C/C2=[N+](CC)c3ccc(CNC(=O)c4[nH]nc(-c5cc(Cl)c(O)cc5O)c4-c4ccc(OC)cc4)cc3C2(C)C)C(C)(C)c2ccccc21. The lowest BCUT2D eigenvalue weighted by molar-refractivity contribution is -0.433. The number of aromatic amines is 1. The Kier molecular flexibility index (Phi) is 9.86. The molecule has 9 nitrogen and oxygen atoms in total. The number of nitrogens with one attached hydrogen (secondary N) is 2. The van der Waals surface area contributed by atoms with Crippen molar-refractivity contribution < 1.29 is 24.3 Å². The second-order valence-electron chi connectivity index (χ2n) is 15.0. The summed E-state index contributed by atoms with van der Waals surface area (Å²) in [6.07, 6.45) is 6.72. The predicted molar refractivity (Wildman–Crippen MR) is 220 cm³/mol. The Balaban J connectivity index is 1.15. The van der Waals surface area contributed by atoms with Gasteiger partial charge in [-0.2, -0.15) is 9.67 Å². The number of aromatic hydroxyl groups is 2. The molecule has 4 aromatic carbocycles. The zero-order chi connectivity index (χ0) is 39.2. The van der Waals surface area contributed by atoms with Crippen molar-refractivity contribution in [1.29, 1.82) is 0 Å². The summed E-state index contributed by atoms with van der Waals surface area (Å²) >= 11 is 6.23. The first kappa shape index (κ1) is 37.5. The van der Waals surface area contributed by atoms with Crippen LogP contribution in [0.3, 0.4) is 0 Å². The number of likely N-dealkylation sites (N-methyl/N-ethyl adjacent to an activating group) is 1. The number of halogens is 1. The molecular formula is C45H47ClN5O4+. The van der Waals surface area contributed by atoms with Crippen molar-refractivity contribution in [2.45, 2.75) is 58.9 Å². The summed E-state index contributed by atoms with van der Waals surface area (Å²) in [6.45, 7) is 15.5. The van der Waals surface area contributed by atoms with E-state index in [1.54, 1.807) is 19.2 Å². The number of nitrogens with zero attached hydrogens (tertiary/aromatic N) is 3. The molecule has 4 N–H and O–H groups in total. The Morgan fingerprint density at radius 2 is 1.71 bits per heavy atom. The summed E-state index contributed by atoms with van der Waals surface area (Å²) in [5, 5.41) is 31.3. The average Bonchev–Trinajstić information content (AvgIpc) is 3.78. The topological polar surface area (TPSA) is 114 Å². The Bertz CT molecular complexity index is 2400. The highest BCUT2D eigenvalue weighted by molar-refractivity contribution is 6.32. The molecule has 7 rings (SSSR count). The Labute approximate surface area is 327 Å². The summed E-state index contributed by atoms with van der Waals surface area (Å²) in [6, 6.07) is 24.9. The monoisotopic (exact) mass is 756 g/mol. The molecule has 5 aromatic rings. The number of rotatable bonds is 10. The number of methoxy groups -OCH3 is 1. The van der Waals surface area contributed by atoms with Gasteiger partial charge in [-0.25, -0.2) is 0 Å². The molecule has 0 spiro atoms. The number of ether oxygens (including phenoxy) is 1. The first-order valence-corrected chi connectivity index (χ1v) is 19.0. The quantitative estimate of drug-likeness (QED) is 0.106. The van der Waals surface area contributed by atoms with Crippen molar-refractivity contribution in [3.8, 4) is 39.6 Å². The molecule has 1 amide bonds. The largest absolute Gasteiger partial charge is 0.507 e. The van der Waals surface area contributed by atoms with Crippen molar-refractivity contribution in [1.82, 2.24) is 15.5 Å². The number of para-hydroxylation sites is 1. The smallest absolute Gasteiger partial charge is 0.270 e. The summed E-state index contributed by atoms with van der Waals surface area (Å²) in [5.41, 5.74) is 9.98. The van der Waals surface area contributed by atoms with Crippen LogP contribution in [0.5, 0.6) is 17.2 Å². The fraction of sp³-hybridized carbons (Fsp3) is 0.267. The third-order valence-corrected chi connectivity index (χ3v) is 11.3. The van der Waals surface area contributed by atoms with Gasteiger partial charge in [-0.1, -0.05) is 67.9 Å². The van der Waals surface area contributed by atoms with E-state index in [1.807, 2.05) is 12.1 Å². The highest BCUT2D eigenvalue weighted by Crippen LogP contribution is 2.48. The molecule has 0 atom stereocenters. The van der Waals surface area contributed by atoms with Gasteiger partial charge >= 0.3 is 0 Å². The van der Waals surface area contributed by atoms with E-state index in [2.05, 4.69) is 127 Å². The van der Waals surface area contributed by atoms with Crippen LogP contribution in [0.2, 0.25) is 5.02 Å². The van der Waals surface area contributed by atoms with Crippen LogP contribution in [0.4, 0.5) is 11.4 Å². The first-order valence-electron chi connectivity index (χ1n) is 18.6. The third kappa shape index (κ3) is 6.46. The van der Waals surface area contributed by atoms with Gasteiger partial charge < -0.3 is 25.2 Å². The Morgan fingerprint density at radius 1 is 0.964 bits per heavy atom. The molecule has 0 unspecified atom stereocenters. The minimum absolute atomic E-state index is 0.0449. The van der Waals surface area contributed by atoms with E-state index >= 15 is 0 Å². The normalized spacial score (nSPS) is 16.2. The second kappa shape index (κ2) is 14.5. The fourth-order valence-corrected chi connectivity index (χ4v) is 8.30. The Hall–Kier alpha value is -5.80. The summed E-state index contributed by atoms with van der Waals surface area (Å²) in [4.78, 5) is 16.3. The van der Waals surface area contributed by atoms with Crippen LogP contribution in [-0.4, -0.2) is 56.8 Å². The van der Waals surface area contributed by atoms with E-state index in [-0.39, 0.29) is 51.1 Å². The molecule has 0 saturated heterocycles. The predicted octanol–water partition coefficient (Wildman–Crippen LogP) is 9.40. The number of hydrogen-bond acceptors (Lipinski definition) is 6. The van der Waals surface area contributed by atoms with Crippen LogP contribution in [0.15, 0.2) is 103 Å². The van der Waals surface area contributed by atoms with Crippen molar-refractivity contribution in [3.63, 3.8) is 0 Å². The molecular weight excluding hydrogens is 710 g/mol. The number of aromatic nitrogens is 2. The average molecular weight is 757 g/mol. The molecule has 2 aliphatic rings. The maximum Gasteiger partial charge on any atom is 0.270 e. The molecule has 0 bridgehead atoms. The number of phenolic OH excluding ortho intramolecular Hbond substituents is 2. The van der Waals surface area contributed by atoms with Gasteiger partial charge in [-0.05, 0) is 80.8 Å². The standard InChI is InChI=1S/C45H46ClN5O4/c1-8-50-34-14-11-10-13-31(34)44(3,4)38(50)15-12-16-39-45(5,6)32-23-27(17-22-35(32)51(39)9-2)26-47-43(54)42-40(28-18-20-29(55-7)21-19-28)41(48-49-42)30-24-33(46)37(53)25-36(30)52/h10-25H,8-9,26H2,1-7H3,(H3-,47,48,49,52,53,54)/p+1. The lowest BCUT2D eigenvalue weighted by atomic mass is 9.80.